The van der Waals surface area contributed by atoms with Gasteiger partial charge in [0.2, 0.25) is 0 Å². The van der Waals surface area contributed by atoms with Crippen molar-refractivity contribution in [1.82, 2.24) is 9.97 Å². The molecule has 1 unspecified atom stereocenters. The average molecular weight is 293 g/mol. The summed E-state index contributed by atoms with van der Waals surface area (Å²) in [6.07, 6.45) is 2.98. The third kappa shape index (κ3) is 3.25. The predicted octanol–water partition coefficient (Wildman–Crippen LogP) is 3.16. The van der Waals surface area contributed by atoms with E-state index in [1.165, 1.54) is 11.2 Å². The first-order chi connectivity index (χ1) is 9.51. The third-order valence-electron chi connectivity index (χ3n) is 3.05. The second-order valence-electron chi connectivity index (χ2n) is 5.17. The summed E-state index contributed by atoms with van der Waals surface area (Å²) in [7, 11) is 0. The normalized spacial score (nSPS) is 12.8. The van der Waals surface area contributed by atoms with Gasteiger partial charge in [-0.15, -0.1) is 11.3 Å². The van der Waals surface area contributed by atoms with E-state index in [0.29, 0.717) is 18.2 Å². The summed E-state index contributed by atoms with van der Waals surface area (Å²) in [4.78, 5) is 21.9. The minimum Gasteiger partial charge on any atom is -0.480 e. The number of fused-ring (bicyclic) bond motifs is 1. The van der Waals surface area contributed by atoms with Crippen molar-refractivity contribution in [3.05, 3.63) is 17.3 Å². The van der Waals surface area contributed by atoms with Crippen LogP contribution in [0.4, 0.5) is 5.82 Å². The summed E-state index contributed by atoms with van der Waals surface area (Å²) >= 11 is 1.62. The van der Waals surface area contributed by atoms with E-state index in [1.807, 2.05) is 19.9 Å². The summed E-state index contributed by atoms with van der Waals surface area (Å²) in [5, 5.41) is 13.3. The summed E-state index contributed by atoms with van der Waals surface area (Å²) < 4.78 is 0. The Bertz CT molecular complexity index is 609. The van der Waals surface area contributed by atoms with E-state index in [1.54, 1.807) is 11.3 Å². The molecule has 0 saturated heterocycles. The van der Waals surface area contributed by atoms with Crippen LogP contribution in [0.25, 0.3) is 10.2 Å². The molecule has 0 aliphatic carbocycles. The van der Waals surface area contributed by atoms with Crippen LogP contribution >= 0.6 is 11.3 Å². The molecule has 5 nitrogen and oxygen atoms in total. The van der Waals surface area contributed by atoms with Gasteiger partial charge in [0, 0.05) is 4.88 Å². The zero-order chi connectivity index (χ0) is 14.7. The van der Waals surface area contributed by atoms with E-state index in [9.17, 15) is 9.90 Å². The Kier molecular flexibility index (Phi) is 4.54. The van der Waals surface area contributed by atoms with E-state index < -0.39 is 12.0 Å². The van der Waals surface area contributed by atoms with Crippen LogP contribution in [-0.4, -0.2) is 27.1 Å². The molecule has 0 aromatic carbocycles. The predicted molar refractivity (Wildman–Crippen MR) is 81.3 cm³/mol. The molecule has 0 aliphatic heterocycles. The zero-order valence-corrected chi connectivity index (χ0v) is 12.7. The Hall–Kier alpha value is -1.69. The number of carboxylic acid groups (broad SMARTS) is 1. The fourth-order valence-electron chi connectivity index (χ4n) is 2.05. The van der Waals surface area contributed by atoms with Crippen molar-refractivity contribution in [3.63, 3.8) is 0 Å². The maximum absolute atomic E-state index is 11.3. The quantitative estimate of drug-likeness (QED) is 0.855. The molecule has 108 valence electrons. The van der Waals surface area contributed by atoms with Gasteiger partial charge in [0.1, 0.15) is 23.0 Å². The number of aryl methyl sites for hydroxylation is 1. The molecular weight excluding hydrogens is 274 g/mol. The van der Waals surface area contributed by atoms with Gasteiger partial charge in [-0.05, 0) is 24.8 Å². The Morgan fingerprint density at radius 3 is 2.80 bits per heavy atom. The Balaban J connectivity index is 2.31. The number of carboxylic acids is 1. The first-order valence-corrected chi connectivity index (χ1v) is 7.55. The van der Waals surface area contributed by atoms with Crippen LogP contribution < -0.4 is 5.32 Å². The Morgan fingerprint density at radius 1 is 1.45 bits per heavy atom. The van der Waals surface area contributed by atoms with Gasteiger partial charge < -0.3 is 10.4 Å². The molecule has 0 fully saturated rings. The highest BCUT2D eigenvalue weighted by atomic mass is 32.1. The maximum atomic E-state index is 11.3. The molecule has 0 radical (unpaired) electrons. The summed E-state index contributed by atoms with van der Waals surface area (Å²) in [5.74, 6) is 0.0602. The van der Waals surface area contributed by atoms with Crippen LogP contribution in [0, 0.1) is 5.92 Å². The number of thiophene rings is 1. The summed E-state index contributed by atoms with van der Waals surface area (Å²) in [6, 6.07) is 1.41. The molecule has 0 spiro atoms. The lowest BCUT2D eigenvalue weighted by atomic mass is 10.0. The molecule has 2 heterocycles. The van der Waals surface area contributed by atoms with Crippen molar-refractivity contribution in [2.45, 2.75) is 39.7 Å². The van der Waals surface area contributed by atoms with Crippen molar-refractivity contribution in [2.75, 3.05) is 5.32 Å². The van der Waals surface area contributed by atoms with Gasteiger partial charge in [0.15, 0.2) is 0 Å². The molecule has 1 atom stereocenters. The lowest BCUT2D eigenvalue weighted by Gasteiger charge is -2.17. The van der Waals surface area contributed by atoms with Gasteiger partial charge in [-0.25, -0.2) is 14.8 Å². The van der Waals surface area contributed by atoms with Crippen LogP contribution in [0.5, 0.6) is 0 Å². The van der Waals surface area contributed by atoms with Crippen LogP contribution in [0.2, 0.25) is 0 Å². The van der Waals surface area contributed by atoms with Crippen molar-refractivity contribution < 1.29 is 9.90 Å². The zero-order valence-electron chi connectivity index (χ0n) is 11.9. The smallest absolute Gasteiger partial charge is 0.326 e. The highest BCUT2D eigenvalue weighted by Gasteiger charge is 2.20. The van der Waals surface area contributed by atoms with E-state index in [0.717, 1.165) is 16.6 Å². The highest BCUT2D eigenvalue weighted by Crippen LogP contribution is 2.29. The number of rotatable bonds is 6. The molecule has 0 bridgehead atoms. The van der Waals surface area contributed by atoms with Crippen LogP contribution in [0.3, 0.4) is 0 Å². The second-order valence-corrected chi connectivity index (χ2v) is 6.29. The Labute approximate surface area is 122 Å². The van der Waals surface area contributed by atoms with Crippen LogP contribution in [0.15, 0.2) is 12.4 Å². The molecule has 2 aromatic rings. The fraction of sp³-hybridized carbons (Fsp3) is 0.500. The summed E-state index contributed by atoms with van der Waals surface area (Å²) in [5.41, 5.74) is 0. The van der Waals surface area contributed by atoms with Gasteiger partial charge in [-0.1, -0.05) is 20.8 Å². The maximum Gasteiger partial charge on any atom is 0.326 e. The number of nitrogens with zero attached hydrogens (tertiary/aromatic N) is 2. The first-order valence-electron chi connectivity index (χ1n) is 6.74. The van der Waals surface area contributed by atoms with Gasteiger partial charge in [0.05, 0.1) is 5.39 Å². The number of aromatic nitrogens is 2. The van der Waals surface area contributed by atoms with E-state index in [-0.39, 0.29) is 0 Å². The number of aliphatic carboxylic acids is 1. The molecular formula is C14H19N3O2S. The first kappa shape index (κ1) is 14.7. The number of anilines is 1. The van der Waals surface area contributed by atoms with E-state index in [2.05, 4.69) is 22.2 Å². The third-order valence-corrected chi connectivity index (χ3v) is 4.23. The van der Waals surface area contributed by atoms with Crippen molar-refractivity contribution in [2.24, 2.45) is 5.92 Å². The van der Waals surface area contributed by atoms with Crippen LogP contribution in [0.1, 0.15) is 32.1 Å². The monoisotopic (exact) mass is 293 g/mol. The van der Waals surface area contributed by atoms with E-state index in [4.69, 9.17) is 0 Å². The lowest BCUT2D eigenvalue weighted by molar-refractivity contribution is -0.138. The number of hydrogen-bond acceptors (Lipinski definition) is 5. The summed E-state index contributed by atoms with van der Waals surface area (Å²) in [6.45, 7) is 6.10. The van der Waals surface area contributed by atoms with Crippen molar-refractivity contribution >= 4 is 33.3 Å². The minimum absolute atomic E-state index is 0.301. The average Bonchev–Trinajstić information content (AvgIpc) is 2.81. The van der Waals surface area contributed by atoms with Crippen molar-refractivity contribution in [1.29, 1.82) is 0 Å². The van der Waals surface area contributed by atoms with Crippen LogP contribution in [-0.2, 0) is 11.2 Å². The van der Waals surface area contributed by atoms with Crippen molar-refractivity contribution in [3.8, 4) is 0 Å². The molecule has 0 aliphatic rings. The van der Waals surface area contributed by atoms with Gasteiger partial charge in [0.25, 0.3) is 0 Å². The second kappa shape index (κ2) is 6.17. The molecule has 2 rings (SSSR count). The van der Waals surface area contributed by atoms with Gasteiger partial charge >= 0.3 is 5.97 Å². The molecule has 20 heavy (non-hydrogen) atoms. The molecule has 0 amide bonds. The van der Waals surface area contributed by atoms with Gasteiger partial charge in [-0.2, -0.15) is 0 Å². The molecule has 6 heteroatoms. The number of nitrogens with one attached hydrogen (secondary N) is 1. The lowest BCUT2D eigenvalue weighted by Crippen LogP contribution is -2.31. The number of hydrogen-bond donors (Lipinski definition) is 2. The molecule has 0 saturated carbocycles. The SMILES string of the molecule is CCc1cc2c(NC(CC(C)C)C(=O)O)ncnc2s1. The Morgan fingerprint density at radius 2 is 2.20 bits per heavy atom. The van der Waals surface area contributed by atoms with E-state index >= 15 is 0 Å². The molecule has 2 N–H and O–H groups in total. The molecule has 2 aromatic heterocycles. The largest absolute Gasteiger partial charge is 0.480 e. The fourth-order valence-corrected chi connectivity index (χ4v) is 2.99. The highest BCUT2D eigenvalue weighted by molar-refractivity contribution is 7.18. The minimum atomic E-state index is -0.851. The number of carbonyl (C=O) groups is 1. The standard InChI is InChI=1S/C14H19N3O2S/c1-4-9-6-10-12(15-7-16-13(10)20-9)17-11(14(18)19)5-8(2)3/h6-8,11H,4-5H2,1-3H3,(H,18,19)(H,15,16,17). The van der Waals surface area contributed by atoms with Gasteiger partial charge in [-0.3, -0.25) is 0 Å². The topological polar surface area (TPSA) is 75.1 Å².